The number of nitrogens with one attached hydrogen (secondary N) is 1. The Labute approximate surface area is 119 Å². The smallest absolute Gasteiger partial charge is 0.213 e. The normalized spacial score (nSPS) is 17.6. The molecule has 20 heavy (non-hydrogen) atoms. The van der Waals surface area contributed by atoms with E-state index in [-0.39, 0.29) is 11.8 Å². The molecule has 0 amide bonds. The summed E-state index contributed by atoms with van der Waals surface area (Å²) in [5.74, 6) is 0.157. The van der Waals surface area contributed by atoms with E-state index in [0.717, 1.165) is 18.5 Å². The lowest BCUT2D eigenvalue weighted by Crippen LogP contribution is -2.42. The molecule has 0 saturated carbocycles. The van der Waals surface area contributed by atoms with Crippen molar-refractivity contribution in [1.29, 1.82) is 5.26 Å². The second-order valence-corrected chi connectivity index (χ2v) is 7.02. The highest BCUT2D eigenvalue weighted by Crippen LogP contribution is 2.18. The van der Waals surface area contributed by atoms with Crippen LogP contribution in [0.15, 0.2) is 18.3 Å². The van der Waals surface area contributed by atoms with E-state index in [4.69, 9.17) is 5.26 Å². The van der Waals surface area contributed by atoms with Gasteiger partial charge in [0.2, 0.25) is 10.0 Å². The largest absolute Gasteiger partial charge is 0.381 e. The lowest BCUT2D eigenvalue weighted by Gasteiger charge is -2.31. The molecule has 6 nitrogen and oxygen atoms in total. The van der Waals surface area contributed by atoms with Crippen LogP contribution in [-0.2, 0) is 10.0 Å². The number of piperidine rings is 1. The summed E-state index contributed by atoms with van der Waals surface area (Å²) in [6, 6.07) is 5.70. The predicted molar refractivity (Wildman–Crippen MR) is 76.6 cm³/mol. The van der Waals surface area contributed by atoms with E-state index in [0.29, 0.717) is 18.8 Å². The van der Waals surface area contributed by atoms with Crippen molar-refractivity contribution < 1.29 is 8.42 Å². The van der Waals surface area contributed by atoms with Crippen LogP contribution in [0.25, 0.3) is 0 Å². The van der Waals surface area contributed by atoms with E-state index in [2.05, 4.69) is 10.3 Å². The highest BCUT2D eigenvalue weighted by molar-refractivity contribution is 7.89. The first kappa shape index (κ1) is 14.8. The number of nitriles is 1. The Morgan fingerprint density at radius 2 is 2.15 bits per heavy atom. The Hall–Kier alpha value is -1.65. The van der Waals surface area contributed by atoms with Crippen LogP contribution in [0.5, 0.6) is 0 Å². The molecule has 0 bridgehead atoms. The number of rotatable bonds is 4. The van der Waals surface area contributed by atoms with Gasteiger partial charge >= 0.3 is 0 Å². The van der Waals surface area contributed by atoms with E-state index in [1.807, 2.05) is 12.1 Å². The minimum atomic E-state index is -3.07. The summed E-state index contributed by atoms with van der Waals surface area (Å²) in [5.41, 5.74) is 1.25. The van der Waals surface area contributed by atoms with Crippen molar-refractivity contribution in [2.24, 2.45) is 0 Å². The molecule has 0 radical (unpaired) electrons. The molecule has 0 aromatic carbocycles. The molecule has 7 heteroatoms. The van der Waals surface area contributed by atoms with Crippen molar-refractivity contribution in [3.05, 3.63) is 24.0 Å². The van der Waals surface area contributed by atoms with Crippen molar-refractivity contribution in [2.45, 2.75) is 25.8 Å². The maximum atomic E-state index is 11.8. The third-order valence-corrected chi connectivity index (χ3v) is 5.34. The fraction of sp³-hybridized carbons (Fsp3) is 0.538. The number of pyridine rings is 1. The van der Waals surface area contributed by atoms with Gasteiger partial charge in [0.15, 0.2) is 0 Å². The molecule has 2 rings (SSSR count). The Morgan fingerprint density at radius 1 is 1.45 bits per heavy atom. The Balaban J connectivity index is 1.90. The van der Waals surface area contributed by atoms with Crippen LogP contribution in [-0.4, -0.2) is 42.6 Å². The maximum Gasteiger partial charge on any atom is 0.213 e. The molecule has 1 aliphatic heterocycles. The van der Waals surface area contributed by atoms with E-state index in [1.54, 1.807) is 23.5 Å². The van der Waals surface area contributed by atoms with Crippen LogP contribution in [0.1, 0.15) is 25.5 Å². The van der Waals surface area contributed by atoms with E-state index >= 15 is 0 Å². The molecule has 0 aliphatic carbocycles. The van der Waals surface area contributed by atoms with Crippen molar-refractivity contribution >= 4 is 15.7 Å². The lowest BCUT2D eigenvalue weighted by atomic mass is 10.1. The van der Waals surface area contributed by atoms with E-state index in [1.165, 1.54) is 0 Å². The van der Waals surface area contributed by atoms with Crippen molar-refractivity contribution in [3.8, 4) is 6.07 Å². The molecule has 1 fully saturated rings. The molecular weight excluding hydrogens is 276 g/mol. The number of sulfonamides is 1. The molecule has 0 atom stereocenters. The molecule has 1 saturated heterocycles. The highest BCUT2D eigenvalue weighted by Gasteiger charge is 2.26. The molecule has 2 heterocycles. The third kappa shape index (κ3) is 3.46. The molecule has 1 aromatic rings. The van der Waals surface area contributed by atoms with Crippen molar-refractivity contribution in [3.63, 3.8) is 0 Å². The first-order valence-corrected chi connectivity index (χ1v) is 8.26. The minimum absolute atomic E-state index is 0.157. The zero-order valence-electron chi connectivity index (χ0n) is 11.4. The minimum Gasteiger partial charge on any atom is -0.381 e. The molecule has 1 aliphatic rings. The van der Waals surface area contributed by atoms with Gasteiger partial charge in [-0.1, -0.05) is 0 Å². The van der Waals surface area contributed by atoms with Crippen LogP contribution in [0.3, 0.4) is 0 Å². The van der Waals surface area contributed by atoms with E-state index < -0.39 is 10.0 Å². The van der Waals surface area contributed by atoms with Gasteiger partial charge in [0.05, 0.1) is 17.6 Å². The third-order valence-electron chi connectivity index (χ3n) is 3.46. The van der Waals surface area contributed by atoms with E-state index in [9.17, 15) is 8.42 Å². The average molecular weight is 294 g/mol. The highest BCUT2D eigenvalue weighted by atomic mass is 32.2. The lowest BCUT2D eigenvalue weighted by molar-refractivity contribution is 0.330. The van der Waals surface area contributed by atoms with Crippen LogP contribution >= 0.6 is 0 Å². The second-order valence-electron chi connectivity index (χ2n) is 4.76. The number of anilines is 1. The molecule has 1 N–H and O–H groups in total. The van der Waals surface area contributed by atoms with Crippen LogP contribution in [0.2, 0.25) is 0 Å². The first-order chi connectivity index (χ1) is 9.55. The molecule has 108 valence electrons. The maximum absolute atomic E-state index is 11.8. The van der Waals surface area contributed by atoms with Gasteiger partial charge in [-0.25, -0.2) is 17.7 Å². The SMILES string of the molecule is CCS(=O)(=O)N1CCC(Nc2ccc(C#N)nc2)CC1. The number of nitrogens with zero attached hydrogens (tertiary/aromatic N) is 3. The van der Waals surface area contributed by atoms with Gasteiger partial charge in [0.1, 0.15) is 11.8 Å². The summed E-state index contributed by atoms with van der Waals surface area (Å²) in [4.78, 5) is 4.00. The second kappa shape index (κ2) is 6.20. The van der Waals surface area contributed by atoms with Crippen LogP contribution < -0.4 is 5.32 Å². The van der Waals surface area contributed by atoms with Gasteiger partial charge in [-0.3, -0.25) is 0 Å². The predicted octanol–water partition coefficient (Wildman–Crippen LogP) is 1.18. The number of aromatic nitrogens is 1. The Kier molecular flexibility index (Phi) is 4.57. The summed E-state index contributed by atoms with van der Waals surface area (Å²) in [7, 11) is -3.07. The molecule has 0 unspecified atom stereocenters. The molecular formula is C13H18N4O2S. The van der Waals surface area contributed by atoms with Crippen molar-refractivity contribution in [2.75, 3.05) is 24.2 Å². The number of hydrogen-bond donors (Lipinski definition) is 1. The van der Waals surface area contributed by atoms with Crippen LogP contribution in [0.4, 0.5) is 5.69 Å². The summed E-state index contributed by atoms with van der Waals surface area (Å²) >= 11 is 0. The standard InChI is InChI=1S/C13H18N4O2S/c1-2-20(18,19)17-7-5-11(6-8-17)16-13-4-3-12(9-14)15-10-13/h3-4,10-11,16H,2,5-8H2,1H3. The van der Waals surface area contributed by atoms with Crippen molar-refractivity contribution in [1.82, 2.24) is 9.29 Å². The first-order valence-electron chi connectivity index (χ1n) is 6.65. The van der Waals surface area contributed by atoms with Gasteiger partial charge in [-0.05, 0) is 31.9 Å². The average Bonchev–Trinajstić information content (AvgIpc) is 2.48. The zero-order chi connectivity index (χ0) is 14.6. The zero-order valence-corrected chi connectivity index (χ0v) is 12.2. The van der Waals surface area contributed by atoms with Crippen LogP contribution in [0, 0.1) is 11.3 Å². The quantitative estimate of drug-likeness (QED) is 0.901. The summed E-state index contributed by atoms with van der Waals surface area (Å²) in [5, 5.41) is 12.0. The Morgan fingerprint density at radius 3 is 2.65 bits per heavy atom. The van der Waals surface area contributed by atoms with Gasteiger partial charge in [0.25, 0.3) is 0 Å². The van der Waals surface area contributed by atoms with Gasteiger partial charge in [-0.2, -0.15) is 5.26 Å². The fourth-order valence-electron chi connectivity index (χ4n) is 2.24. The topological polar surface area (TPSA) is 86.1 Å². The fourth-order valence-corrected chi connectivity index (χ4v) is 3.37. The summed E-state index contributed by atoms with van der Waals surface area (Å²) in [6.45, 7) is 2.77. The Bertz CT molecular complexity index is 584. The molecule has 1 aromatic heterocycles. The monoisotopic (exact) mass is 294 g/mol. The molecule has 0 spiro atoms. The van der Waals surface area contributed by atoms with Gasteiger partial charge < -0.3 is 5.32 Å². The summed E-state index contributed by atoms with van der Waals surface area (Å²) in [6.07, 6.45) is 3.19. The van der Waals surface area contributed by atoms with Gasteiger partial charge in [-0.15, -0.1) is 0 Å². The van der Waals surface area contributed by atoms with Gasteiger partial charge in [0, 0.05) is 19.1 Å². The summed E-state index contributed by atoms with van der Waals surface area (Å²) < 4.78 is 25.1. The number of hydrogen-bond acceptors (Lipinski definition) is 5.